The number of carbonyl (C=O) groups excluding carboxylic acids is 1. The van der Waals surface area contributed by atoms with E-state index in [-0.39, 0.29) is 6.61 Å². The lowest BCUT2D eigenvalue weighted by atomic mass is 10.2. The Balaban J connectivity index is 2.57. The highest BCUT2D eigenvalue weighted by Crippen LogP contribution is 2.01. The van der Waals surface area contributed by atoms with E-state index in [1.54, 1.807) is 0 Å². The first kappa shape index (κ1) is 11.2. The lowest BCUT2D eigenvalue weighted by Gasteiger charge is -1.96. The first-order valence-corrected chi connectivity index (χ1v) is 4.61. The topological polar surface area (TPSA) is 38.7 Å². The summed E-state index contributed by atoms with van der Waals surface area (Å²) in [6, 6.07) is 7.70. The SMILES string of the molecule is C=CCOC(=O)/N=C/c1cccc(C)c1. The third kappa shape index (κ3) is 4.22. The first-order valence-electron chi connectivity index (χ1n) is 4.61. The van der Waals surface area contributed by atoms with Gasteiger partial charge < -0.3 is 4.74 Å². The smallest absolute Gasteiger partial charge is 0.433 e. The van der Waals surface area contributed by atoms with Crippen molar-refractivity contribution >= 4 is 12.3 Å². The van der Waals surface area contributed by atoms with Gasteiger partial charge in [0.1, 0.15) is 6.61 Å². The molecule has 1 amide bonds. The van der Waals surface area contributed by atoms with Crippen LogP contribution < -0.4 is 0 Å². The van der Waals surface area contributed by atoms with Gasteiger partial charge in [-0.2, -0.15) is 4.99 Å². The van der Waals surface area contributed by atoms with E-state index in [1.807, 2.05) is 31.2 Å². The van der Waals surface area contributed by atoms with Gasteiger partial charge in [0.2, 0.25) is 0 Å². The van der Waals surface area contributed by atoms with Gasteiger partial charge in [-0.25, -0.2) is 4.79 Å². The summed E-state index contributed by atoms with van der Waals surface area (Å²) in [5, 5.41) is 0. The molecule has 0 radical (unpaired) electrons. The Hall–Kier alpha value is -1.90. The molecule has 0 bridgehead atoms. The Labute approximate surface area is 89.1 Å². The second kappa shape index (κ2) is 5.75. The molecule has 0 unspecified atom stereocenters. The van der Waals surface area contributed by atoms with Crippen LogP contribution in [0.5, 0.6) is 0 Å². The molecule has 0 aliphatic rings. The Kier molecular flexibility index (Phi) is 4.29. The van der Waals surface area contributed by atoms with Crippen molar-refractivity contribution in [1.82, 2.24) is 0 Å². The Morgan fingerprint density at radius 3 is 3.07 bits per heavy atom. The van der Waals surface area contributed by atoms with E-state index in [0.29, 0.717) is 0 Å². The highest BCUT2D eigenvalue weighted by Gasteiger charge is 1.95. The number of ether oxygens (including phenoxy) is 1. The van der Waals surface area contributed by atoms with E-state index in [0.717, 1.165) is 11.1 Å². The number of benzene rings is 1. The van der Waals surface area contributed by atoms with Crippen LogP contribution in [0.4, 0.5) is 4.79 Å². The van der Waals surface area contributed by atoms with Crippen molar-refractivity contribution in [2.75, 3.05) is 6.61 Å². The van der Waals surface area contributed by atoms with Crippen molar-refractivity contribution in [2.24, 2.45) is 4.99 Å². The van der Waals surface area contributed by atoms with Gasteiger partial charge in [0.05, 0.1) is 0 Å². The maximum Gasteiger partial charge on any atom is 0.433 e. The van der Waals surface area contributed by atoms with Crippen molar-refractivity contribution in [2.45, 2.75) is 6.92 Å². The fourth-order valence-corrected chi connectivity index (χ4v) is 1.05. The summed E-state index contributed by atoms with van der Waals surface area (Å²) in [6.07, 6.45) is 2.38. The molecule has 0 aromatic heterocycles. The zero-order valence-corrected chi connectivity index (χ0v) is 8.64. The molecular formula is C12H13NO2. The molecule has 78 valence electrons. The van der Waals surface area contributed by atoms with Crippen LogP contribution in [-0.4, -0.2) is 18.9 Å². The minimum absolute atomic E-state index is 0.185. The van der Waals surface area contributed by atoms with Crippen molar-refractivity contribution in [3.8, 4) is 0 Å². The van der Waals surface area contributed by atoms with Gasteiger partial charge in [-0.3, -0.25) is 0 Å². The second-order valence-corrected chi connectivity index (χ2v) is 3.04. The van der Waals surface area contributed by atoms with Crippen molar-refractivity contribution < 1.29 is 9.53 Å². The number of nitrogens with zero attached hydrogens (tertiary/aromatic N) is 1. The van der Waals surface area contributed by atoms with Crippen LogP contribution in [0.3, 0.4) is 0 Å². The first-order chi connectivity index (χ1) is 7.22. The van der Waals surface area contributed by atoms with E-state index < -0.39 is 6.09 Å². The number of rotatable bonds is 3. The largest absolute Gasteiger partial charge is 0.444 e. The number of hydrogen-bond donors (Lipinski definition) is 0. The number of aliphatic imine (C=N–C) groups is 1. The lowest BCUT2D eigenvalue weighted by molar-refractivity contribution is 0.170. The molecule has 0 atom stereocenters. The number of aryl methyl sites for hydroxylation is 1. The second-order valence-electron chi connectivity index (χ2n) is 3.04. The summed E-state index contributed by atoms with van der Waals surface area (Å²) in [6.45, 7) is 5.60. The van der Waals surface area contributed by atoms with Crippen LogP contribution in [-0.2, 0) is 4.74 Å². The zero-order chi connectivity index (χ0) is 11.1. The summed E-state index contributed by atoms with van der Waals surface area (Å²) < 4.78 is 4.69. The molecule has 0 N–H and O–H groups in total. The summed E-state index contributed by atoms with van der Waals surface area (Å²) >= 11 is 0. The van der Waals surface area contributed by atoms with E-state index in [9.17, 15) is 4.79 Å². The Morgan fingerprint density at radius 1 is 1.60 bits per heavy atom. The minimum Gasteiger partial charge on any atom is -0.444 e. The number of carbonyl (C=O) groups is 1. The van der Waals surface area contributed by atoms with Crippen molar-refractivity contribution in [1.29, 1.82) is 0 Å². The molecule has 3 nitrogen and oxygen atoms in total. The molecule has 1 aromatic rings. The molecule has 0 saturated carbocycles. The molecule has 0 aliphatic carbocycles. The standard InChI is InChI=1S/C12H13NO2/c1-3-7-15-12(14)13-9-11-6-4-5-10(2)8-11/h3-6,8-9H,1,7H2,2H3/b13-9+. The van der Waals surface area contributed by atoms with Gasteiger partial charge in [-0.1, -0.05) is 42.5 Å². The molecule has 1 aromatic carbocycles. The lowest BCUT2D eigenvalue weighted by Crippen LogP contribution is -1.98. The molecule has 0 heterocycles. The molecular weight excluding hydrogens is 190 g/mol. The van der Waals surface area contributed by atoms with Gasteiger partial charge in [0.25, 0.3) is 0 Å². The van der Waals surface area contributed by atoms with E-state index in [2.05, 4.69) is 16.3 Å². The predicted molar refractivity (Wildman–Crippen MR) is 60.3 cm³/mol. The average molecular weight is 203 g/mol. The quantitative estimate of drug-likeness (QED) is 0.559. The van der Waals surface area contributed by atoms with E-state index in [4.69, 9.17) is 0 Å². The fraction of sp³-hybridized carbons (Fsp3) is 0.167. The van der Waals surface area contributed by atoms with E-state index >= 15 is 0 Å². The van der Waals surface area contributed by atoms with Crippen LogP contribution >= 0.6 is 0 Å². The average Bonchev–Trinajstić information content (AvgIpc) is 2.23. The van der Waals surface area contributed by atoms with E-state index in [1.165, 1.54) is 12.3 Å². The van der Waals surface area contributed by atoms with Crippen LogP contribution in [0.2, 0.25) is 0 Å². The van der Waals surface area contributed by atoms with Crippen LogP contribution in [0.1, 0.15) is 11.1 Å². The van der Waals surface area contributed by atoms with Crippen LogP contribution in [0, 0.1) is 6.92 Å². The summed E-state index contributed by atoms with van der Waals surface area (Å²) in [5.41, 5.74) is 2.00. The third-order valence-electron chi connectivity index (χ3n) is 1.69. The minimum atomic E-state index is -0.601. The molecule has 0 saturated heterocycles. The van der Waals surface area contributed by atoms with Crippen molar-refractivity contribution in [3.63, 3.8) is 0 Å². The molecule has 1 rings (SSSR count). The molecule has 0 spiro atoms. The van der Waals surface area contributed by atoms with Gasteiger partial charge in [-0.05, 0) is 12.5 Å². The molecule has 0 fully saturated rings. The van der Waals surface area contributed by atoms with Gasteiger partial charge >= 0.3 is 6.09 Å². The van der Waals surface area contributed by atoms with Gasteiger partial charge in [0.15, 0.2) is 0 Å². The fourth-order valence-electron chi connectivity index (χ4n) is 1.05. The molecule has 15 heavy (non-hydrogen) atoms. The zero-order valence-electron chi connectivity index (χ0n) is 8.64. The predicted octanol–water partition coefficient (Wildman–Crippen LogP) is 2.74. The third-order valence-corrected chi connectivity index (χ3v) is 1.69. The highest BCUT2D eigenvalue weighted by atomic mass is 16.5. The van der Waals surface area contributed by atoms with Crippen LogP contribution in [0.25, 0.3) is 0 Å². The number of amides is 1. The summed E-state index contributed by atoms with van der Waals surface area (Å²) in [5.74, 6) is 0. The maximum atomic E-state index is 11.0. The highest BCUT2D eigenvalue weighted by molar-refractivity contribution is 5.88. The normalized spacial score (nSPS) is 10.2. The van der Waals surface area contributed by atoms with Crippen molar-refractivity contribution in [3.05, 3.63) is 48.0 Å². The summed E-state index contributed by atoms with van der Waals surface area (Å²) in [4.78, 5) is 14.6. The van der Waals surface area contributed by atoms with Crippen LogP contribution in [0.15, 0.2) is 41.9 Å². The Bertz CT molecular complexity index is 383. The number of hydrogen-bond acceptors (Lipinski definition) is 2. The monoisotopic (exact) mass is 203 g/mol. The molecule has 3 heteroatoms. The van der Waals surface area contributed by atoms with Gasteiger partial charge in [-0.15, -0.1) is 0 Å². The summed E-state index contributed by atoms with van der Waals surface area (Å²) in [7, 11) is 0. The molecule has 0 aliphatic heterocycles. The van der Waals surface area contributed by atoms with Gasteiger partial charge in [0, 0.05) is 6.21 Å². The maximum absolute atomic E-state index is 11.0. The Morgan fingerprint density at radius 2 is 2.40 bits per heavy atom.